The molecule has 8 heteroatoms. The summed E-state index contributed by atoms with van der Waals surface area (Å²) in [6, 6.07) is 13.7. The average Bonchev–Trinajstić information content (AvgIpc) is 3.03. The monoisotopic (exact) mass is 460 g/mol. The lowest BCUT2D eigenvalue weighted by Crippen LogP contribution is -2.39. The van der Waals surface area contributed by atoms with Crippen molar-refractivity contribution in [1.29, 1.82) is 0 Å². The molecule has 172 valence electrons. The van der Waals surface area contributed by atoms with Crippen molar-refractivity contribution in [2.45, 2.75) is 19.4 Å². The number of nitrogens with zero attached hydrogens (tertiary/aromatic N) is 2. The van der Waals surface area contributed by atoms with Gasteiger partial charge in [0, 0.05) is 26.2 Å². The summed E-state index contributed by atoms with van der Waals surface area (Å²) in [6.45, 7) is 5.36. The van der Waals surface area contributed by atoms with Gasteiger partial charge in [-0.05, 0) is 56.3 Å². The van der Waals surface area contributed by atoms with Crippen molar-refractivity contribution in [1.82, 2.24) is 9.80 Å². The standard InChI is InChI=1S/C24H29ClN2O5/c1-2-31-24(30)18-8-10-20(11-9-18)32-17-19(28)16-26-12-5-13-27(15-14-26)23(29)21-6-3-4-7-22(21)25/h3-4,6-11,19,28H,2,5,12-17H2,1H3. The van der Waals surface area contributed by atoms with Crippen molar-refractivity contribution in [3.63, 3.8) is 0 Å². The number of hydrogen-bond donors (Lipinski definition) is 1. The van der Waals surface area contributed by atoms with Crippen molar-refractivity contribution in [2.24, 2.45) is 0 Å². The van der Waals surface area contributed by atoms with Gasteiger partial charge in [0.1, 0.15) is 18.5 Å². The summed E-state index contributed by atoms with van der Waals surface area (Å²) < 4.78 is 10.6. The molecule has 2 aromatic carbocycles. The number of aliphatic hydroxyl groups excluding tert-OH is 1. The Kier molecular flexibility index (Phi) is 8.90. The smallest absolute Gasteiger partial charge is 0.338 e. The number of ether oxygens (including phenoxy) is 2. The molecule has 3 rings (SSSR count). The molecule has 0 spiro atoms. The van der Waals surface area contributed by atoms with E-state index in [1.807, 2.05) is 17.0 Å². The lowest BCUT2D eigenvalue weighted by atomic mass is 10.2. The first-order valence-corrected chi connectivity index (χ1v) is 11.2. The second kappa shape index (κ2) is 11.9. The SMILES string of the molecule is CCOC(=O)c1ccc(OCC(O)CN2CCCN(C(=O)c3ccccc3Cl)CC2)cc1. The number of carbonyl (C=O) groups is 2. The lowest BCUT2D eigenvalue weighted by molar-refractivity contribution is 0.0525. The average molecular weight is 461 g/mol. The molecule has 1 aliphatic rings. The molecular weight excluding hydrogens is 432 g/mol. The molecule has 1 atom stereocenters. The summed E-state index contributed by atoms with van der Waals surface area (Å²) in [4.78, 5) is 28.4. The van der Waals surface area contributed by atoms with E-state index in [0.29, 0.717) is 54.7 Å². The van der Waals surface area contributed by atoms with E-state index in [2.05, 4.69) is 4.90 Å². The van der Waals surface area contributed by atoms with Gasteiger partial charge < -0.3 is 19.5 Å². The molecule has 1 N–H and O–H groups in total. The van der Waals surface area contributed by atoms with Crippen molar-refractivity contribution >= 4 is 23.5 Å². The number of esters is 1. The van der Waals surface area contributed by atoms with Crippen LogP contribution in [0.25, 0.3) is 0 Å². The molecule has 0 radical (unpaired) electrons. The van der Waals surface area contributed by atoms with Crippen LogP contribution in [0.15, 0.2) is 48.5 Å². The third kappa shape index (κ3) is 6.69. The van der Waals surface area contributed by atoms with Crippen LogP contribution in [0.3, 0.4) is 0 Å². The van der Waals surface area contributed by atoms with Crippen LogP contribution in [0.2, 0.25) is 5.02 Å². The number of aliphatic hydroxyl groups is 1. The summed E-state index contributed by atoms with van der Waals surface area (Å²) in [5, 5.41) is 10.9. The van der Waals surface area contributed by atoms with E-state index in [0.717, 1.165) is 13.0 Å². The van der Waals surface area contributed by atoms with Crippen LogP contribution in [0.1, 0.15) is 34.1 Å². The van der Waals surface area contributed by atoms with Crippen molar-refractivity contribution in [2.75, 3.05) is 45.9 Å². The Morgan fingerprint density at radius 2 is 1.81 bits per heavy atom. The zero-order chi connectivity index (χ0) is 22.9. The first kappa shape index (κ1) is 24.0. The first-order chi connectivity index (χ1) is 15.5. The maximum Gasteiger partial charge on any atom is 0.338 e. The van der Waals surface area contributed by atoms with Gasteiger partial charge in [-0.25, -0.2) is 4.79 Å². The van der Waals surface area contributed by atoms with Gasteiger partial charge >= 0.3 is 5.97 Å². The van der Waals surface area contributed by atoms with E-state index in [9.17, 15) is 14.7 Å². The summed E-state index contributed by atoms with van der Waals surface area (Å²) in [5.74, 6) is 0.138. The predicted octanol–water partition coefficient (Wildman–Crippen LogP) is 3.10. The molecule has 1 fully saturated rings. The second-order valence-corrected chi connectivity index (χ2v) is 8.04. The largest absolute Gasteiger partial charge is 0.491 e. The highest BCUT2D eigenvalue weighted by Gasteiger charge is 2.23. The number of benzene rings is 2. The van der Waals surface area contributed by atoms with Crippen LogP contribution in [0, 0.1) is 0 Å². The van der Waals surface area contributed by atoms with Crippen molar-refractivity contribution in [3.05, 3.63) is 64.7 Å². The summed E-state index contributed by atoms with van der Waals surface area (Å²) in [7, 11) is 0. The van der Waals surface area contributed by atoms with Gasteiger partial charge in [-0.1, -0.05) is 23.7 Å². The van der Waals surface area contributed by atoms with Gasteiger partial charge in [-0.3, -0.25) is 9.69 Å². The topological polar surface area (TPSA) is 79.3 Å². The fourth-order valence-electron chi connectivity index (χ4n) is 3.61. The Bertz CT molecular complexity index is 906. The molecule has 0 aromatic heterocycles. The second-order valence-electron chi connectivity index (χ2n) is 7.64. The Morgan fingerprint density at radius 3 is 2.53 bits per heavy atom. The molecule has 2 aromatic rings. The quantitative estimate of drug-likeness (QED) is 0.610. The van der Waals surface area contributed by atoms with E-state index in [4.69, 9.17) is 21.1 Å². The summed E-state index contributed by atoms with van der Waals surface area (Å²) in [6.07, 6.45) is 0.143. The molecule has 32 heavy (non-hydrogen) atoms. The van der Waals surface area contributed by atoms with Crippen LogP contribution < -0.4 is 4.74 Å². The van der Waals surface area contributed by atoms with Gasteiger partial charge in [0.2, 0.25) is 0 Å². The number of rotatable bonds is 8. The van der Waals surface area contributed by atoms with Crippen molar-refractivity contribution in [3.8, 4) is 5.75 Å². The third-order valence-corrected chi connectivity index (χ3v) is 5.59. The van der Waals surface area contributed by atoms with Crippen LogP contribution in [0.5, 0.6) is 5.75 Å². The van der Waals surface area contributed by atoms with E-state index >= 15 is 0 Å². The van der Waals surface area contributed by atoms with Crippen LogP contribution in [0.4, 0.5) is 0 Å². The molecule has 1 aliphatic heterocycles. The maximum absolute atomic E-state index is 12.8. The number of hydrogen-bond acceptors (Lipinski definition) is 6. The molecule has 7 nitrogen and oxygen atoms in total. The van der Waals surface area contributed by atoms with Crippen LogP contribution in [-0.4, -0.2) is 78.8 Å². The predicted molar refractivity (Wildman–Crippen MR) is 122 cm³/mol. The van der Waals surface area contributed by atoms with Crippen LogP contribution >= 0.6 is 11.6 Å². The highest BCUT2D eigenvalue weighted by molar-refractivity contribution is 6.33. The van der Waals surface area contributed by atoms with Gasteiger partial charge in [0.15, 0.2) is 0 Å². The number of β-amino-alcohol motifs (C(OH)–C–C–N with tert-alkyl or cyclic N) is 1. The normalized spacial score (nSPS) is 15.7. The fourth-order valence-corrected chi connectivity index (χ4v) is 3.82. The van der Waals surface area contributed by atoms with E-state index in [-0.39, 0.29) is 18.5 Å². The van der Waals surface area contributed by atoms with E-state index in [1.165, 1.54) is 0 Å². The maximum atomic E-state index is 12.8. The third-order valence-electron chi connectivity index (χ3n) is 5.26. The molecule has 1 saturated heterocycles. The number of carbonyl (C=O) groups excluding carboxylic acids is 2. The molecular formula is C24H29ClN2O5. The minimum absolute atomic E-state index is 0.0624. The van der Waals surface area contributed by atoms with Gasteiger partial charge in [-0.2, -0.15) is 0 Å². The van der Waals surface area contributed by atoms with Gasteiger partial charge in [-0.15, -0.1) is 0 Å². The minimum Gasteiger partial charge on any atom is -0.491 e. The molecule has 1 amide bonds. The zero-order valence-corrected chi connectivity index (χ0v) is 19.0. The Hall–Kier alpha value is -2.61. The summed E-state index contributed by atoms with van der Waals surface area (Å²) >= 11 is 6.17. The number of halogens is 1. The van der Waals surface area contributed by atoms with Crippen molar-refractivity contribution < 1.29 is 24.2 Å². The number of amides is 1. The highest BCUT2D eigenvalue weighted by Crippen LogP contribution is 2.18. The lowest BCUT2D eigenvalue weighted by Gasteiger charge is -2.24. The van der Waals surface area contributed by atoms with Gasteiger partial charge in [0.05, 0.1) is 22.8 Å². The molecule has 1 heterocycles. The Labute approximate surface area is 193 Å². The van der Waals surface area contributed by atoms with E-state index in [1.54, 1.807) is 43.3 Å². The molecule has 0 aliphatic carbocycles. The molecule has 1 unspecified atom stereocenters. The van der Waals surface area contributed by atoms with Crippen LogP contribution in [-0.2, 0) is 4.74 Å². The van der Waals surface area contributed by atoms with Gasteiger partial charge in [0.25, 0.3) is 5.91 Å². The summed E-state index contributed by atoms with van der Waals surface area (Å²) in [5.41, 5.74) is 0.977. The first-order valence-electron chi connectivity index (χ1n) is 10.8. The Balaban J connectivity index is 1.45. The molecule has 0 saturated carbocycles. The highest BCUT2D eigenvalue weighted by atomic mass is 35.5. The Morgan fingerprint density at radius 1 is 1.06 bits per heavy atom. The minimum atomic E-state index is -0.675. The zero-order valence-electron chi connectivity index (χ0n) is 18.2. The fraction of sp³-hybridized carbons (Fsp3) is 0.417. The van der Waals surface area contributed by atoms with E-state index < -0.39 is 6.10 Å². The molecule has 0 bridgehead atoms.